The van der Waals surface area contributed by atoms with E-state index >= 15 is 0 Å². The van der Waals surface area contributed by atoms with Crippen molar-refractivity contribution < 1.29 is 13.6 Å². The molecule has 1 aliphatic heterocycles. The van der Waals surface area contributed by atoms with E-state index in [2.05, 4.69) is 0 Å². The van der Waals surface area contributed by atoms with Gasteiger partial charge in [-0.2, -0.15) is 0 Å². The smallest absolute Gasteiger partial charge is 0.254 e. The lowest BCUT2D eigenvalue weighted by Crippen LogP contribution is -2.34. The summed E-state index contributed by atoms with van der Waals surface area (Å²) < 4.78 is 28.4. The fraction of sp³-hybridized carbons (Fsp3) is 0.368. The van der Waals surface area contributed by atoms with Crippen LogP contribution in [0.5, 0.6) is 0 Å². The fourth-order valence-electron chi connectivity index (χ4n) is 3.65. The minimum Gasteiger partial charge on any atom is -0.309 e. The van der Waals surface area contributed by atoms with Crippen LogP contribution in [0.4, 0.5) is 14.5 Å². The van der Waals surface area contributed by atoms with Crippen molar-refractivity contribution in [1.29, 1.82) is 0 Å². The van der Waals surface area contributed by atoms with Crippen LogP contribution in [0.25, 0.3) is 0 Å². The Bertz CT molecular complexity index is 953. The molecular weight excluding hydrogens is 362 g/mol. The lowest BCUT2D eigenvalue weighted by molar-refractivity contribution is -0.116. The van der Waals surface area contributed by atoms with E-state index in [-0.39, 0.29) is 34.9 Å². The van der Waals surface area contributed by atoms with E-state index in [4.69, 9.17) is 11.6 Å². The highest BCUT2D eigenvalue weighted by atomic mass is 35.5. The monoisotopic (exact) mass is 380 g/mol. The van der Waals surface area contributed by atoms with Crippen molar-refractivity contribution in [1.82, 2.24) is 4.57 Å². The SMILES string of the molecule is Cc1c2c(cn(Cc3ccc(F)cc3F)c1=O)N(C(=O)CCl)CC2(C)C. The van der Waals surface area contributed by atoms with Gasteiger partial charge in [-0.15, -0.1) is 11.6 Å². The van der Waals surface area contributed by atoms with Gasteiger partial charge in [0.15, 0.2) is 0 Å². The van der Waals surface area contributed by atoms with Crippen LogP contribution >= 0.6 is 11.6 Å². The molecule has 2 heterocycles. The van der Waals surface area contributed by atoms with Crippen LogP contribution in [0, 0.1) is 18.6 Å². The molecule has 0 fully saturated rings. The molecule has 1 aromatic heterocycles. The summed E-state index contributed by atoms with van der Waals surface area (Å²) in [4.78, 5) is 26.6. The van der Waals surface area contributed by atoms with Gasteiger partial charge < -0.3 is 9.47 Å². The maximum absolute atomic E-state index is 14.0. The number of alkyl halides is 1. The Hall–Kier alpha value is -2.21. The molecule has 0 N–H and O–H groups in total. The Balaban J connectivity index is 2.13. The van der Waals surface area contributed by atoms with Gasteiger partial charge in [0.1, 0.15) is 17.5 Å². The molecule has 0 atom stereocenters. The third-order valence-electron chi connectivity index (χ3n) is 4.78. The van der Waals surface area contributed by atoms with Gasteiger partial charge in [0.05, 0.1) is 12.2 Å². The number of carbonyl (C=O) groups excluding carboxylic acids is 1. The number of aromatic nitrogens is 1. The summed E-state index contributed by atoms with van der Waals surface area (Å²) in [6.07, 6.45) is 1.56. The molecular formula is C19H19ClF2N2O2. The number of hydrogen-bond donors (Lipinski definition) is 0. The number of carbonyl (C=O) groups is 1. The van der Waals surface area contributed by atoms with Crippen molar-refractivity contribution in [2.24, 2.45) is 0 Å². The number of nitrogens with zero attached hydrogens (tertiary/aromatic N) is 2. The van der Waals surface area contributed by atoms with Gasteiger partial charge in [-0.1, -0.05) is 19.9 Å². The predicted molar refractivity (Wildman–Crippen MR) is 97.0 cm³/mol. The molecule has 0 saturated carbocycles. The van der Waals surface area contributed by atoms with Gasteiger partial charge in [-0.25, -0.2) is 8.78 Å². The van der Waals surface area contributed by atoms with Gasteiger partial charge in [0, 0.05) is 35.3 Å². The van der Waals surface area contributed by atoms with E-state index in [1.165, 1.54) is 10.6 Å². The van der Waals surface area contributed by atoms with E-state index < -0.39 is 11.6 Å². The number of hydrogen-bond acceptors (Lipinski definition) is 2. The summed E-state index contributed by atoms with van der Waals surface area (Å²) in [5.41, 5.74) is 1.47. The highest BCUT2D eigenvalue weighted by molar-refractivity contribution is 6.29. The zero-order valence-corrected chi connectivity index (χ0v) is 15.5. The van der Waals surface area contributed by atoms with E-state index in [1.54, 1.807) is 18.0 Å². The van der Waals surface area contributed by atoms with Crippen LogP contribution < -0.4 is 10.5 Å². The van der Waals surface area contributed by atoms with Crippen LogP contribution in [-0.4, -0.2) is 22.9 Å². The normalized spacial score (nSPS) is 15.2. The lowest BCUT2D eigenvalue weighted by atomic mass is 9.85. The number of amides is 1. The van der Waals surface area contributed by atoms with E-state index in [0.717, 1.165) is 17.7 Å². The first-order chi connectivity index (χ1) is 12.2. The second kappa shape index (κ2) is 6.50. The third-order valence-corrected chi connectivity index (χ3v) is 5.01. The molecule has 0 bridgehead atoms. The van der Waals surface area contributed by atoms with Gasteiger partial charge in [0.2, 0.25) is 5.91 Å². The lowest BCUT2D eigenvalue weighted by Gasteiger charge is -2.20. The van der Waals surface area contributed by atoms with Crippen LogP contribution in [0.15, 0.2) is 29.2 Å². The molecule has 0 radical (unpaired) electrons. The zero-order valence-electron chi connectivity index (χ0n) is 14.8. The average molecular weight is 381 g/mol. The number of benzene rings is 1. The van der Waals surface area contributed by atoms with Gasteiger partial charge in [-0.3, -0.25) is 9.59 Å². The Morgan fingerprint density at radius 1 is 1.31 bits per heavy atom. The van der Waals surface area contributed by atoms with Crippen molar-refractivity contribution in [3.05, 3.63) is 63.1 Å². The molecule has 1 aromatic carbocycles. The molecule has 0 aliphatic carbocycles. The topological polar surface area (TPSA) is 42.3 Å². The maximum Gasteiger partial charge on any atom is 0.254 e. The first kappa shape index (κ1) is 18.6. The van der Waals surface area contributed by atoms with Crippen molar-refractivity contribution in [2.45, 2.75) is 32.7 Å². The van der Waals surface area contributed by atoms with E-state index in [0.29, 0.717) is 17.8 Å². The molecule has 7 heteroatoms. The second-order valence-corrected chi connectivity index (χ2v) is 7.45. The minimum atomic E-state index is -0.718. The highest BCUT2D eigenvalue weighted by Crippen LogP contribution is 2.41. The highest BCUT2D eigenvalue weighted by Gasteiger charge is 2.40. The maximum atomic E-state index is 14.0. The molecule has 3 rings (SSSR count). The van der Waals surface area contributed by atoms with E-state index in [9.17, 15) is 18.4 Å². The molecule has 0 spiro atoms. The zero-order chi connectivity index (χ0) is 19.2. The molecule has 2 aromatic rings. The Morgan fingerprint density at radius 3 is 2.62 bits per heavy atom. The van der Waals surface area contributed by atoms with Crippen molar-refractivity contribution in [3.63, 3.8) is 0 Å². The van der Waals surface area contributed by atoms with Crippen LogP contribution in [0.3, 0.4) is 0 Å². The predicted octanol–water partition coefficient (Wildman–Crippen LogP) is 3.35. The summed E-state index contributed by atoms with van der Waals surface area (Å²) in [7, 11) is 0. The molecule has 26 heavy (non-hydrogen) atoms. The molecule has 138 valence electrons. The average Bonchev–Trinajstić information content (AvgIpc) is 2.84. The van der Waals surface area contributed by atoms with Gasteiger partial charge >= 0.3 is 0 Å². The van der Waals surface area contributed by atoms with Crippen LogP contribution in [0.2, 0.25) is 0 Å². The quantitative estimate of drug-likeness (QED) is 0.766. The number of halogens is 3. The summed E-state index contributed by atoms with van der Waals surface area (Å²) in [5.74, 6) is -1.82. The van der Waals surface area contributed by atoms with Gasteiger partial charge in [-0.05, 0) is 18.6 Å². The third kappa shape index (κ3) is 3.03. The largest absolute Gasteiger partial charge is 0.309 e. The van der Waals surface area contributed by atoms with Crippen molar-refractivity contribution >= 4 is 23.2 Å². The molecule has 0 saturated heterocycles. The number of fused-ring (bicyclic) bond motifs is 1. The summed E-state index contributed by atoms with van der Waals surface area (Å²) in [5, 5.41) is 0. The van der Waals surface area contributed by atoms with Crippen molar-refractivity contribution in [3.8, 4) is 0 Å². The molecule has 1 amide bonds. The van der Waals surface area contributed by atoms with Gasteiger partial charge in [0.25, 0.3) is 5.56 Å². The first-order valence-electron chi connectivity index (χ1n) is 8.20. The second-order valence-electron chi connectivity index (χ2n) is 7.18. The number of anilines is 1. The van der Waals surface area contributed by atoms with Crippen LogP contribution in [0.1, 0.15) is 30.5 Å². The van der Waals surface area contributed by atoms with Crippen molar-refractivity contribution in [2.75, 3.05) is 17.3 Å². The molecule has 0 unspecified atom stereocenters. The molecule has 4 nitrogen and oxygen atoms in total. The summed E-state index contributed by atoms with van der Waals surface area (Å²) in [6.45, 7) is 5.99. The number of rotatable bonds is 3. The molecule has 1 aliphatic rings. The minimum absolute atomic E-state index is 0.0532. The Kier molecular flexibility index (Phi) is 4.65. The standard InChI is InChI=1S/C19H19ClF2N2O2/c1-11-17-15(24(16(25)7-20)10-19(17,2)3)9-23(18(11)26)8-12-4-5-13(21)6-14(12)22/h4-6,9H,7-8,10H2,1-3H3. The Labute approximate surface area is 155 Å². The fourth-order valence-corrected chi connectivity index (χ4v) is 3.79. The Morgan fingerprint density at radius 2 is 2.00 bits per heavy atom. The first-order valence-corrected chi connectivity index (χ1v) is 8.74. The summed E-state index contributed by atoms with van der Waals surface area (Å²) in [6, 6.07) is 3.24. The number of pyridine rings is 1. The van der Waals surface area contributed by atoms with Crippen LogP contribution in [-0.2, 0) is 16.8 Å². The van der Waals surface area contributed by atoms with E-state index in [1.807, 2.05) is 13.8 Å². The summed E-state index contributed by atoms with van der Waals surface area (Å²) >= 11 is 5.72.